The summed E-state index contributed by atoms with van der Waals surface area (Å²) < 4.78 is 0. The van der Waals surface area contributed by atoms with Crippen molar-refractivity contribution in [2.45, 2.75) is 19.9 Å². The van der Waals surface area contributed by atoms with Crippen molar-refractivity contribution in [3.8, 4) is 0 Å². The molecule has 5 nitrogen and oxygen atoms in total. The maximum Gasteiger partial charge on any atom is 0.224 e. The Balaban J connectivity index is 1.56. The largest absolute Gasteiger partial charge is 0.366 e. The van der Waals surface area contributed by atoms with Crippen molar-refractivity contribution in [1.82, 2.24) is 15.0 Å². The van der Waals surface area contributed by atoms with Gasteiger partial charge in [-0.25, -0.2) is 4.98 Å². The van der Waals surface area contributed by atoms with E-state index in [0.717, 1.165) is 35.1 Å². The lowest BCUT2D eigenvalue weighted by atomic mass is 10.1. The Morgan fingerprint density at radius 2 is 1.84 bits per heavy atom. The van der Waals surface area contributed by atoms with Crippen LogP contribution in [-0.4, -0.2) is 21.5 Å². The molecule has 0 saturated heterocycles. The Bertz CT molecular complexity index is 806. The van der Waals surface area contributed by atoms with E-state index in [1.54, 1.807) is 6.20 Å². The zero-order chi connectivity index (χ0) is 17.5. The molecule has 128 valence electrons. The van der Waals surface area contributed by atoms with Gasteiger partial charge in [-0.2, -0.15) is 4.98 Å². The summed E-state index contributed by atoms with van der Waals surface area (Å²) >= 11 is 5.90. The molecule has 0 saturated carbocycles. The standard InChI is InChI=1S/C19H20ClN5/c1-14-11-18(23-13-16-3-2-9-21-12-16)25-19(24-14)22-10-8-15-4-6-17(20)7-5-15/h2-7,9,11-12H,8,10,13H2,1H3,(H2,22,23,24,25). The molecule has 0 aliphatic heterocycles. The van der Waals surface area contributed by atoms with Crippen LogP contribution in [-0.2, 0) is 13.0 Å². The third-order valence-electron chi connectivity index (χ3n) is 3.66. The molecule has 0 unspecified atom stereocenters. The quantitative estimate of drug-likeness (QED) is 0.669. The third kappa shape index (κ3) is 5.43. The average molecular weight is 354 g/mol. The predicted molar refractivity (Wildman–Crippen MR) is 102 cm³/mol. The number of hydrogen-bond donors (Lipinski definition) is 2. The van der Waals surface area contributed by atoms with Crippen LogP contribution in [0.15, 0.2) is 54.9 Å². The van der Waals surface area contributed by atoms with Crippen molar-refractivity contribution >= 4 is 23.4 Å². The molecule has 2 heterocycles. The minimum absolute atomic E-state index is 0.627. The number of benzene rings is 1. The van der Waals surface area contributed by atoms with Gasteiger partial charge in [0.05, 0.1) is 0 Å². The van der Waals surface area contributed by atoms with Crippen LogP contribution in [0.5, 0.6) is 0 Å². The maximum absolute atomic E-state index is 5.90. The van der Waals surface area contributed by atoms with E-state index in [4.69, 9.17) is 11.6 Å². The van der Waals surface area contributed by atoms with Crippen LogP contribution in [0.1, 0.15) is 16.8 Å². The summed E-state index contributed by atoms with van der Waals surface area (Å²) in [5.41, 5.74) is 3.24. The topological polar surface area (TPSA) is 62.7 Å². The zero-order valence-electron chi connectivity index (χ0n) is 14.0. The van der Waals surface area contributed by atoms with Gasteiger partial charge in [0.25, 0.3) is 0 Å². The van der Waals surface area contributed by atoms with Gasteiger partial charge >= 0.3 is 0 Å². The number of halogens is 1. The van der Waals surface area contributed by atoms with Crippen molar-refractivity contribution in [1.29, 1.82) is 0 Å². The highest BCUT2D eigenvalue weighted by Crippen LogP contribution is 2.12. The summed E-state index contributed by atoms with van der Waals surface area (Å²) in [7, 11) is 0. The highest BCUT2D eigenvalue weighted by Gasteiger charge is 2.03. The zero-order valence-corrected chi connectivity index (χ0v) is 14.8. The van der Waals surface area contributed by atoms with Crippen LogP contribution in [0.4, 0.5) is 11.8 Å². The fraction of sp³-hybridized carbons (Fsp3) is 0.211. The summed E-state index contributed by atoms with van der Waals surface area (Å²) in [6, 6.07) is 13.7. The smallest absolute Gasteiger partial charge is 0.224 e. The molecule has 2 aromatic heterocycles. The molecule has 0 bridgehead atoms. The monoisotopic (exact) mass is 353 g/mol. The lowest BCUT2D eigenvalue weighted by Gasteiger charge is -2.10. The number of aryl methyl sites for hydroxylation is 1. The number of anilines is 2. The lowest BCUT2D eigenvalue weighted by molar-refractivity contribution is 0.969. The minimum Gasteiger partial charge on any atom is -0.366 e. The normalized spacial score (nSPS) is 10.5. The van der Waals surface area contributed by atoms with E-state index in [9.17, 15) is 0 Å². The Hall–Kier alpha value is -2.66. The first-order valence-corrected chi connectivity index (χ1v) is 8.53. The van der Waals surface area contributed by atoms with Crippen molar-refractivity contribution in [3.05, 3.63) is 76.7 Å². The van der Waals surface area contributed by atoms with Gasteiger partial charge in [0.15, 0.2) is 0 Å². The number of aromatic nitrogens is 3. The molecule has 25 heavy (non-hydrogen) atoms. The summed E-state index contributed by atoms with van der Waals surface area (Å²) in [4.78, 5) is 13.1. The molecule has 2 N–H and O–H groups in total. The molecule has 0 amide bonds. The molecule has 3 aromatic rings. The van der Waals surface area contributed by atoms with Gasteiger partial charge in [-0.3, -0.25) is 4.98 Å². The van der Waals surface area contributed by atoms with E-state index in [-0.39, 0.29) is 0 Å². The second-order valence-electron chi connectivity index (χ2n) is 5.74. The highest BCUT2D eigenvalue weighted by atomic mass is 35.5. The Morgan fingerprint density at radius 3 is 2.60 bits per heavy atom. The van der Waals surface area contributed by atoms with Gasteiger partial charge in [-0.05, 0) is 42.7 Å². The predicted octanol–water partition coefficient (Wildman–Crippen LogP) is 4.10. The number of hydrogen-bond acceptors (Lipinski definition) is 5. The van der Waals surface area contributed by atoms with Crippen molar-refractivity contribution in [2.24, 2.45) is 0 Å². The molecular formula is C19H20ClN5. The molecule has 6 heteroatoms. The molecule has 0 radical (unpaired) electrons. The van der Waals surface area contributed by atoms with Gasteiger partial charge in [0, 0.05) is 42.3 Å². The van der Waals surface area contributed by atoms with E-state index in [0.29, 0.717) is 12.5 Å². The fourth-order valence-electron chi connectivity index (χ4n) is 2.40. The third-order valence-corrected chi connectivity index (χ3v) is 3.91. The fourth-order valence-corrected chi connectivity index (χ4v) is 2.53. The second-order valence-corrected chi connectivity index (χ2v) is 6.17. The molecule has 0 aliphatic carbocycles. The summed E-state index contributed by atoms with van der Waals surface area (Å²) in [5.74, 6) is 1.42. The SMILES string of the molecule is Cc1cc(NCc2cccnc2)nc(NCCc2ccc(Cl)cc2)n1. The highest BCUT2D eigenvalue weighted by molar-refractivity contribution is 6.30. The van der Waals surface area contributed by atoms with Crippen LogP contribution in [0, 0.1) is 6.92 Å². The first kappa shape index (κ1) is 17.2. The van der Waals surface area contributed by atoms with Gasteiger partial charge in [-0.1, -0.05) is 29.8 Å². The summed E-state index contributed by atoms with van der Waals surface area (Å²) in [6.45, 7) is 3.39. The molecule has 0 spiro atoms. The van der Waals surface area contributed by atoms with E-state index in [1.165, 1.54) is 5.56 Å². The molecule has 0 atom stereocenters. The van der Waals surface area contributed by atoms with Crippen molar-refractivity contribution in [2.75, 3.05) is 17.2 Å². The first-order chi connectivity index (χ1) is 12.2. The summed E-state index contributed by atoms with van der Waals surface area (Å²) in [5, 5.41) is 7.34. The van der Waals surface area contributed by atoms with Crippen LogP contribution in [0.25, 0.3) is 0 Å². The molecule has 0 aliphatic rings. The minimum atomic E-state index is 0.627. The van der Waals surface area contributed by atoms with Crippen LogP contribution < -0.4 is 10.6 Å². The van der Waals surface area contributed by atoms with Gasteiger partial charge in [0.1, 0.15) is 5.82 Å². The van der Waals surface area contributed by atoms with E-state index in [2.05, 4.69) is 25.6 Å². The average Bonchev–Trinajstić information content (AvgIpc) is 2.62. The van der Waals surface area contributed by atoms with Crippen LogP contribution in [0.3, 0.4) is 0 Å². The Kier molecular flexibility index (Phi) is 5.80. The number of pyridine rings is 1. The molecule has 0 fully saturated rings. The molecule has 3 rings (SSSR count). The molecular weight excluding hydrogens is 334 g/mol. The van der Waals surface area contributed by atoms with Gasteiger partial charge < -0.3 is 10.6 Å². The number of rotatable bonds is 7. The van der Waals surface area contributed by atoms with E-state index >= 15 is 0 Å². The van der Waals surface area contributed by atoms with Crippen LogP contribution in [0.2, 0.25) is 5.02 Å². The Morgan fingerprint density at radius 1 is 1.00 bits per heavy atom. The van der Waals surface area contributed by atoms with Crippen molar-refractivity contribution in [3.63, 3.8) is 0 Å². The number of nitrogens with one attached hydrogen (secondary N) is 2. The summed E-state index contributed by atoms with van der Waals surface area (Å²) in [6.07, 6.45) is 4.49. The van der Waals surface area contributed by atoms with Gasteiger partial charge in [-0.15, -0.1) is 0 Å². The molecule has 1 aromatic carbocycles. The lowest BCUT2D eigenvalue weighted by Crippen LogP contribution is -2.10. The van der Waals surface area contributed by atoms with E-state index in [1.807, 2.05) is 55.6 Å². The van der Waals surface area contributed by atoms with E-state index < -0.39 is 0 Å². The second kappa shape index (κ2) is 8.44. The number of nitrogens with zero attached hydrogens (tertiary/aromatic N) is 3. The van der Waals surface area contributed by atoms with Crippen LogP contribution >= 0.6 is 11.6 Å². The first-order valence-electron chi connectivity index (χ1n) is 8.16. The maximum atomic E-state index is 5.90. The van der Waals surface area contributed by atoms with Gasteiger partial charge in [0.2, 0.25) is 5.95 Å². The van der Waals surface area contributed by atoms with Crippen molar-refractivity contribution < 1.29 is 0 Å². The Labute approximate surface area is 152 Å².